The van der Waals surface area contributed by atoms with Crippen molar-refractivity contribution in [2.24, 2.45) is 23.7 Å². The molecule has 0 saturated carbocycles. The number of ketones is 1. The van der Waals surface area contributed by atoms with Gasteiger partial charge >= 0.3 is 5.97 Å². The summed E-state index contributed by atoms with van der Waals surface area (Å²) in [6, 6.07) is -0.0769. The predicted octanol–water partition coefficient (Wildman–Crippen LogP) is 5.50. The number of ether oxygens (including phenoxy) is 6. The van der Waals surface area contributed by atoms with E-state index in [1.165, 1.54) is 6.92 Å². The molecule has 0 bridgehead atoms. The number of Topliss-reactive ketones (excluding diaryl/α,β-unsaturated/α-hetero) is 1. The van der Waals surface area contributed by atoms with Gasteiger partial charge in [-0.1, -0.05) is 27.7 Å². The van der Waals surface area contributed by atoms with Crippen molar-refractivity contribution in [3.8, 4) is 0 Å². The van der Waals surface area contributed by atoms with E-state index < -0.39 is 118 Å². The molecule has 3 N–H and O–H groups in total. The van der Waals surface area contributed by atoms with Gasteiger partial charge in [0.2, 0.25) is 0 Å². The lowest BCUT2D eigenvalue weighted by atomic mass is 9.74. The molecule has 18 atom stereocenters. The fraction of sp³-hybridized carbons (Fsp3) is 0.953. The van der Waals surface area contributed by atoms with Crippen molar-refractivity contribution in [3.05, 3.63) is 0 Å². The van der Waals surface area contributed by atoms with Gasteiger partial charge < -0.3 is 57.5 Å². The zero-order valence-electron chi connectivity index (χ0n) is 39.9. The number of hydrogen-bond acceptors (Lipinski definition) is 14. The second-order valence-electron chi connectivity index (χ2n) is 20.9. The van der Waals surface area contributed by atoms with E-state index in [1.54, 1.807) is 41.7 Å². The first-order chi connectivity index (χ1) is 26.8. The zero-order valence-corrected chi connectivity index (χ0v) is 41.9. The largest absolute Gasteiger partial charge is 0.459 e. The van der Waals surface area contributed by atoms with Crippen LogP contribution in [-0.2, 0) is 46.9 Å². The van der Waals surface area contributed by atoms with Crippen LogP contribution in [0.3, 0.4) is 0 Å². The van der Waals surface area contributed by atoms with E-state index in [2.05, 4.69) is 44.2 Å². The van der Waals surface area contributed by atoms with Crippen LogP contribution in [0.2, 0.25) is 39.3 Å². The summed E-state index contributed by atoms with van der Waals surface area (Å²) in [4.78, 5) is 30.6. The number of nitrogens with zero attached hydrogens (tertiary/aromatic N) is 1. The van der Waals surface area contributed by atoms with Gasteiger partial charge in [0.1, 0.15) is 23.6 Å². The van der Waals surface area contributed by atoms with E-state index >= 15 is 0 Å². The Labute approximate surface area is 357 Å². The number of aliphatic hydroxyl groups excluding tert-OH is 1. The summed E-state index contributed by atoms with van der Waals surface area (Å²) in [5, 5.41) is 36.1. The van der Waals surface area contributed by atoms with Crippen LogP contribution in [0.15, 0.2) is 0 Å². The molecule has 3 heterocycles. The first-order valence-electron chi connectivity index (χ1n) is 21.9. The van der Waals surface area contributed by atoms with Crippen LogP contribution >= 0.6 is 0 Å². The van der Waals surface area contributed by atoms with Gasteiger partial charge in [-0.25, -0.2) is 0 Å². The van der Waals surface area contributed by atoms with Gasteiger partial charge in [0, 0.05) is 37.3 Å². The normalized spacial score (nSPS) is 45.2. The maximum absolute atomic E-state index is 14.4. The van der Waals surface area contributed by atoms with Crippen LogP contribution < -0.4 is 0 Å². The van der Waals surface area contributed by atoms with Gasteiger partial charge in [-0.15, -0.1) is 0 Å². The Bertz CT molecular complexity index is 1390. The van der Waals surface area contributed by atoms with Crippen LogP contribution in [0.5, 0.6) is 0 Å². The highest BCUT2D eigenvalue weighted by Crippen LogP contribution is 2.42. The summed E-state index contributed by atoms with van der Waals surface area (Å²) in [5.74, 6) is -4.67. The minimum atomic E-state index is -2.19. The zero-order chi connectivity index (χ0) is 45.4. The summed E-state index contributed by atoms with van der Waals surface area (Å²) >= 11 is 0. The van der Waals surface area contributed by atoms with Crippen LogP contribution in [-0.4, -0.2) is 154 Å². The summed E-state index contributed by atoms with van der Waals surface area (Å²) in [6.07, 6.45) is -7.22. The molecule has 3 aliphatic rings. The first kappa shape index (κ1) is 52.5. The minimum absolute atomic E-state index is 0.0733. The van der Waals surface area contributed by atoms with Crippen molar-refractivity contribution in [2.75, 3.05) is 21.2 Å². The van der Waals surface area contributed by atoms with Crippen molar-refractivity contribution < 1.29 is 62.2 Å². The van der Waals surface area contributed by atoms with Gasteiger partial charge in [-0.2, -0.15) is 0 Å². The lowest BCUT2D eigenvalue weighted by Gasteiger charge is -2.51. The number of carbonyl (C=O) groups is 2. The van der Waals surface area contributed by atoms with Crippen molar-refractivity contribution in [2.45, 2.75) is 218 Å². The molecule has 16 heteroatoms. The van der Waals surface area contributed by atoms with Gasteiger partial charge in [0.25, 0.3) is 0 Å². The summed E-state index contributed by atoms with van der Waals surface area (Å²) in [5.41, 5.74) is -4.53. The van der Waals surface area contributed by atoms with Crippen molar-refractivity contribution in [1.29, 1.82) is 0 Å². The van der Waals surface area contributed by atoms with E-state index in [1.807, 2.05) is 41.8 Å². The third-order valence-corrected chi connectivity index (χ3v) is 14.7. The minimum Gasteiger partial charge on any atom is -0.459 e. The molecule has 14 nitrogen and oxygen atoms in total. The molecule has 0 aromatic heterocycles. The second-order valence-corrected chi connectivity index (χ2v) is 29.8. The Morgan fingerprint density at radius 3 is 1.90 bits per heavy atom. The molecule has 59 heavy (non-hydrogen) atoms. The SMILES string of the molecule is CCC1OC(=O)[C@H](C)C(O[C@H]2C[C@@](C)(OC)[C@@H](O[Si](C)(C)C)[C@H](C)O2)[C@H](C)[C@@H](O[C@@H]2O[C@H](C)C[C@H](N(C)C)[C@H]2O[Si](C)(C)C)[C@](C)(O)C[C@@H](C)C(=O)[C@H](C)[C@@H](O)[C@]1(C)O. The second kappa shape index (κ2) is 19.9. The number of hydrogen-bond donors (Lipinski definition) is 3. The van der Waals surface area contributed by atoms with Crippen LogP contribution in [0, 0.1) is 23.7 Å². The fourth-order valence-corrected chi connectivity index (χ4v) is 11.8. The Morgan fingerprint density at radius 2 is 1.39 bits per heavy atom. The van der Waals surface area contributed by atoms with Crippen LogP contribution in [0.1, 0.15) is 94.9 Å². The number of aliphatic hydroxyl groups is 3. The molecule has 3 saturated heterocycles. The number of cyclic esters (lactones) is 1. The van der Waals surface area contributed by atoms with Crippen LogP contribution in [0.4, 0.5) is 0 Å². The van der Waals surface area contributed by atoms with E-state index in [9.17, 15) is 24.9 Å². The van der Waals surface area contributed by atoms with E-state index in [0.717, 1.165) is 0 Å². The molecule has 3 fully saturated rings. The smallest absolute Gasteiger partial charge is 0.311 e. The Morgan fingerprint density at radius 1 is 0.814 bits per heavy atom. The molecular weight excluding hydrogens is 795 g/mol. The van der Waals surface area contributed by atoms with E-state index in [-0.39, 0.29) is 37.2 Å². The third-order valence-electron chi connectivity index (χ3n) is 12.7. The summed E-state index contributed by atoms with van der Waals surface area (Å²) < 4.78 is 52.8. The molecule has 3 rings (SSSR count). The molecule has 3 aliphatic heterocycles. The highest BCUT2D eigenvalue weighted by atomic mass is 28.4. The lowest BCUT2D eigenvalue weighted by Crippen LogP contribution is -2.62. The molecule has 2 unspecified atom stereocenters. The van der Waals surface area contributed by atoms with Crippen molar-refractivity contribution >= 4 is 28.4 Å². The first-order valence-corrected chi connectivity index (χ1v) is 28.7. The molecule has 0 spiro atoms. The molecule has 0 radical (unpaired) electrons. The Balaban J connectivity index is 2.25. The number of esters is 1. The van der Waals surface area contributed by atoms with Gasteiger partial charge in [0.05, 0.1) is 53.7 Å². The maximum atomic E-state index is 14.4. The maximum Gasteiger partial charge on any atom is 0.311 e. The number of likely N-dealkylation sites (N-methyl/N-ethyl adjacent to an activating group) is 1. The molecule has 0 aromatic rings. The molecule has 0 aliphatic carbocycles. The Kier molecular flexibility index (Phi) is 17.7. The van der Waals surface area contributed by atoms with Crippen LogP contribution in [0.25, 0.3) is 0 Å². The monoisotopic (exact) mass is 878 g/mol. The molecular formula is C43H83NO13Si2. The highest BCUT2D eigenvalue weighted by Gasteiger charge is 2.54. The Hall–Kier alpha value is -0.866. The summed E-state index contributed by atoms with van der Waals surface area (Å²) in [6.45, 7) is 30.1. The molecule has 0 amide bonds. The van der Waals surface area contributed by atoms with Gasteiger partial charge in [0.15, 0.2) is 29.2 Å². The topological polar surface area (TPSA) is 172 Å². The number of rotatable bonds is 11. The van der Waals surface area contributed by atoms with Gasteiger partial charge in [-0.3, -0.25) is 9.59 Å². The molecule has 0 aromatic carbocycles. The number of methoxy groups -OCH3 is 1. The summed E-state index contributed by atoms with van der Waals surface area (Å²) in [7, 11) is 1.40. The van der Waals surface area contributed by atoms with Gasteiger partial charge in [-0.05, 0) is 114 Å². The quantitative estimate of drug-likeness (QED) is 0.176. The van der Waals surface area contributed by atoms with E-state index in [0.29, 0.717) is 6.42 Å². The average molecular weight is 878 g/mol. The molecule has 346 valence electrons. The fourth-order valence-electron chi connectivity index (χ4n) is 9.52. The predicted molar refractivity (Wildman–Crippen MR) is 231 cm³/mol. The average Bonchev–Trinajstić information content (AvgIpc) is 3.10. The number of carbonyl (C=O) groups excluding carboxylic acids is 2. The highest BCUT2D eigenvalue weighted by molar-refractivity contribution is 6.70. The van der Waals surface area contributed by atoms with Crippen molar-refractivity contribution in [1.82, 2.24) is 4.90 Å². The van der Waals surface area contributed by atoms with Crippen molar-refractivity contribution in [3.63, 3.8) is 0 Å². The van der Waals surface area contributed by atoms with E-state index in [4.69, 9.17) is 37.3 Å². The standard InChI is InChI=1S/C43H83NO13Si2/c1-20-31-43(10,49)36(46)26(4)33(45)24(2)22-41(8,48)37(55-40-35(56-58(14,15)16)30(44(11)12)21-25(3)51-40)27(5)34(28(6)39(47)53-31)54-32-23-42(9,50-13)38(29(7)52-32)57-59(17,18)19/h24-32,34-38,40,46,48-49H,20-23H2,1-19H3/t24-,25-,26+,27+,28-,29+,30+,31?,32+,34?,35-,36-,37-,38+,40+,41-,42-,43-/m1/s1. The third kappa shape index (κ3) is 12.9. The lowest BCUT2D eigenvalue weighted by molar-refractivity contribution is -0.315.